The van der Waals surface area contributed by atoms with E-state index in [1.54, 1.807) is 4.90 Å². The fourth-order valence-corrected chi connectivity index (χ4v) is 3.14. The molecule has 2 saturated heterocycles. The number of morpholine rings is 1. The normalized spacial score (nSPS) is 24.9. The third kappa shape index (κ3) is 3.19. The molecule has 0 radical (unpaired) electrons. The van der Waals surface area contributed by atoms with Gasteiger partial charge in [-0.2, -0.15) is 0 Å². The fourth-order valence-electron chi connectivity index (χ4n) is 3.14. The summed E-state index contributed by atoms with van der Waals surface area (Å²) >= 11 is 0. The first-order valence-electron chi connectivity index (χ1n) is 7.64. The van der Waals surface area contributed by atoms with E-state index in [0.717, 1.165) is 12.8 Å². The van der Waals surface area contributed by atoms with Crippen LogP contribution in [-0.4, -0.2) is 31.3 Å². The second kappa shape index (κ2) is 5.89. The van der Waals surface area contributed by atoms with Gasteiger partial charge in [0, 0.05) is 25.7 Å². The SMILES string of the molecule is CC(C)NCc1cc(F)c(N2CC3CCC(C2)O3)c(F)c1. The first kappa shape index (κ1) is 14.7. The van der Waals surface area contributed by atoms with Gasteiger partial charge in [0.15, 0.2) is 0 Å². The van der Waals surface area contributed by atoms with Gasteiger partial charge in [0.1, 0.15) is 17.3 Å². The molecular weight excluding hydrogens is 274 g/mol. The van der Waals surface area contributed by atoms with Crippen LogP contribution in [0.15, 0.2) is 12.1 Å². The molecule has 116 valence electrons. The molecule has 1 N–H and O–H groups in total. The Bertz CT molecular complexity index is 486. The van der Waals surface area contributed by atoms with Crippen LogP contribution in [0.2, 0.25) is 0 Å². The van der Waals surface area contributed by atoms with Crippen LogP contribution in [0, 0.1) is 11.6 Å². The van der Waals surface area contributed by atoms with Crippen molar-refractivity contribution in [3.8, 4) is 0 Å². The molecule has 2 unspecified atom stereocenters. The van der Waals surface area contributed by atoms with Gasteiger partial charge in [-0.05, 0) is 30.5 Å². The minimum Gasteiger partial charge on any atom is -0.371 e. The van der Waals surface area contributed by atoms with E-state index in [1.807, 2.05) is 13.8 Å². The summed E-state index contributed by atoms with van der Waals surface area (Å²) in [4.78, 5) is 1.80. The Kier molecular flexibility index (Phi) is 4.13. The van der Waals surface area contributed by atoms with E-state index in [1.165, 1.54) is 12.1 Å². The predicted octanol–water partition coefficient (Wildman–Crippen LogP) is 2.83. The number of fused-ring (bicyclic) bond motifs is 2. The molecule has 1 aromatic carbocycles. The molecule has 0 saturated carbocycles. The van der Waals surface area contributed by atoms with Gasteiger partial charge in [0.25, 0.3) is 0 Å². The van der Waals surface area contributed by atoms with Crippen molar-refractivity contribution in [2.45, 2.75) is 51.5 Å². The highest BCUT2D eigenvalue weighted by Crippen LogP contribution is 2.33. The Labute approximate surface area is 124 Å². The maximum absolute atomic E-state index is 14.3. The van der Waals surface area contributed by atoms with Gasteiger partial charge in [-0.1, -0.05) is 13.8 Å². The summed E-state index contributed by atoms with van der Waals surface area (Å²) < 4.78 is 34.4. The summed E-state index contributed by atoms with van der Waals surface area (Å²) in [5, 5.41) is 3.17. The van der Waals surface area contributed by atoms with E-state index in [4.69, 9.17) is 4.74 Å². The Morgan fingerprint density at radius 1 is 1.19 bits per heavy atom. The smallest absolute Gasteiger partial charge is 0.149 e. The highest BCUT2D eigenvalue weighted by molar-refractivity contribution is 5.51. The lowest BCUT2D eigenvalue weighted by Crippen LogP contribution is -2.43. The summed E-state index contributed by atoms with van der Waals surface area (Å²) in [5.74, 6) is -0.950. The number of nitrogens with zero attached hydrogens (tertiary/aromatic N) is 1. The van der Waals surface area contributed by atoms with E-state index in [-0.39, 0.29) is 23.9 Å². The lowest BCUT2D eigenvalue weighted by atomic mass is 10.1. The lowest BCUT2D eigenvalue weighted by Gasteiger charge is -2.34. The minimum absolute atomic E-state index is 0.100. The molecule has 21 heavy (non-hydrogen) atoms. The van der Waals surface area contributed by atoms with Gasteiger partial charge in [0.05, 0.1) is 12.2 Å². The molecule has 2 aliphatic rings. The van der Waals surface area contributed by atoms with E-state index >= 15 is 0 Å². The predicted molar refractivity (Wildman–Crippen MR) is 78.4 cm³/mol. The maximum Gasteiger partial charge on any atom is 0.149 e. The van der Waals surface area contributed by atoms with Crippen molar-refractivity contribution in [3.05, 3.63) is 29.3 Å². The fraction of sp³-hybridized carbons (Fsp3) is 0.625. The topological polar surface area (TPSA) is 24.5 Å². The number of anilines is 1. The van der Waals surface area contributed by atoms with Gasteiger partial charge >= 0.3 is 0 Å². The molecule has 3 rings (SSSR count). The van der Waals surface area contributed by atoms with E-state index in [2.05, 4.69) is 5.32 Å². The largest absolute Gasteiger partial charge is 0.371 e. The first-order valence-corrected chi connectivity index (χ1v) is 7.64. The van der Waals surface area contributed by atoms with Crippen LogP contribution in [0.4, 0.5) is 14.5 Å². The molecule has 2 aliphatic heterocycles. The Balaban J connectivity index is 1.79. The third-order valence-corrected chi connectivity index (χ3v) is 4.15. The van der Waals surface area contributed by atoms with Crippen molar-refractivity contribution in [3.63, 3.8) is 0 Å². The van der Waals surface area contributed by atoms with Crippen molar-refractivity contribution in [2.75, 3.05) is 18.0 Å². The third-order valence-electron chi connectivity index (χ3n) is 4.15. The maximum atomic E-state index is 14.3. The summed E-state index contributed by atoms with van der Waals surface area (Å²) in [6.45, 7) is 5.64. The molecule has 0 aromatic heterocycles. The Hall–Kier alpha value is -1.20. The van der Waals surface area contributed by atoms with Crippen LogP contribution in [0.1, 0.15) is 32.3 Å². The zero-order valence-electron chi connectivity index (χ0n) is 12.5. The Morgan fingerprint density at radius 2 is 1.76 bits per heavy atom. The lowest BCUT2D eigenvalue weighted by molar-refractivity contribution is 0.0300. The van der Waals surface area contributed by atoms with E-state index in [0.29, 0.717) is 25.2 Å². The number of benzene rings is 1. The van der Waals surface area contributed by atoms with Crippen LogP contribution in [-0.2, 0) is 11.3 Å². The Morgan fingerprint density at radius 3 is 2.29 bits per heavy atom. The van der Waals surface area contributed by atoms with Crippen LogP contribution in [0.3, 0.4) is 0 Å². The summed E-state index contributed by atoms with van der Waals surface area (Å²) in [6, 6.07) is 3.15. The zero-order valence-corrected chi connectivity index (χ0v) is 12.5. The van der Waals surface area contributed by atoms with Gasteiger partial charge in [-0.3, -0.25) is 0 Å². The summed E-state index contributed by atoms with van der Waals surface area (Å²) in [7, 11) is 0. The van der Waals surface area contributed by atoms with Crippen molar-refractivity contribution in [1.29, 1.82) is 0 Å². The second-order valence-corrected chi connectivity index (χ2v) is 6.31. The average Bonchev–Trinajstić information content (AvgIpc) is 2.75. The molecule has 2 bridgehead atoms. The number of hydrogen-bond acceptors (Lipinski definition) is 3. The zero-order chi connectivity index (χ0) is 15.0. The van der Waals surface area contributed by atoms with Crippen molar-refractivity contribution in [2.24, 2.45) is 0 Å². The monoisotopic (exact) mass is 296 g/mol. The second-order valence-electron chi connectivity index (χ2n) is 6.31. The molecule has 2 heterocycles. The van der Waals surface area contributed by atoms with Gasteiger partial charge in [-0.25, -0.2) is 8.78 Å². The van der Waals surface area contributed by atoms with Crippen molar-refractivity contribution < 1.29 is 13.5 Å². The highest BCUT2D eigenvalue weighted by Gasteiger charge is 2.35. The van der Waals surface area contributed by atoms with Gasteiger partial charge in [0.2, 0.25) is 0 Å². The minimum atomic E-state index is -0.475. The molecular formula is C16H22F2N2O. The van der Waals surface area contributed by atoms with Gasteiger partial charge in [-0.15, -0.1) is 0 Å². The number of ether oxygens (including phenoxy) is 1. The van der Waals surface area contributed by atoms with Crippen molar-refractivity contribution in [1.82, 2.24) is 5.32 Å². The van der Waals surface area contributed by atoms with Crippen LogP contribution >= 0.6 is 0 Å². The van der Waals surface area contributed by atoms with Crippen LogP contribution in [0.5, 0.6) is 0 Å². The molecule has 1 aromatic rings. The first-order chi connectivity index (χ1) is 10.0. The molecule has 0 amide bonds. The van der Waals surface area contributed by atoms with Gasteiger partial charge < -0.3 is 15.0 Å². The van der Waals surface area contributed by atoms with Crippen LogP contribution in [0.25, 0.3) is 0 Å². The number of rotatable bonds is 4. The molecule has 2 fully saturated rings. The number of nitrogens with one attached hydrogen (secondary N) is 1. The number of hydrogen-bond donors (Lipinski definition) is 1. The molecule has 0 spiro atoms. The summed E-state index contributed by atoms with van der Waals surface area (Å²) in [5.41, 5.74) is 0.738. The van der Waals surface area contributed by atoms with Crippen molar-refractivity contribution >= 4 is 5.69 Å². The summed E-state index contributed by atoms with van der Waals surface area (Å²) in [6.07, 6.45) is 2.20. The van der Waals surface area contributed by atoms with E-state index < -0.39 is 11.6 Å². The molecule has 0 aliphatic carbocycles. The van der Waals surface area contributed by atoms with Crippen LogP contribution < -0.4 is 10.2 Å². The average molecular weight is 296 g/mol. The molecule has 3 nitrogen and oxygen atoms in total. The standard InChI is InChI=1S/C16H22F2N2O/c1-10(2)19-7-11-5-14(17)16(15(18)6-11)20-8-12-3-4-13(9-20)21-12/h5-6,10,12-13,19H,3-4,7-9H2,1-2H3. The molecule has 2 atom stereocenters. The quantitative estimate of drug-likeness (QED) is 0.924. The number of halogens is 2. The highest BCUT2D eigenvalue weighted by atomic mass is 19.1. The molecule has 5 heteroatoms. The van der Waals surface area contributed by atoms with E-state index in [9.17, 15) is 8.78 Å².